The number of nitrogens with zero attached hydrogens (tertiary/aromatic N) is 2. The molecule has 2 rings (SSSR count). The molecule has 0 saturated heterocycles. The van der Waals surface area contributed by atoms with Crippen LogP contribution in [0, 0.1) is 10.1 Å². The van der Waals surface area contributed by atoms with Gasteiger partial charge in [0.1, 0.15) is 0 Å². The Morgan fingerprint density at radius 2 is 2.31 bits per heavy atom. The van der Waals surface area contributed by atoms with Crippen LogP contribution >= 0.6 is 0 Å². The number of benzene rings is 1. The first-order valence-electron chi connectivity index (χ1n) is 3.48. The summed E-state index contributed by atoms with van der Waals surface area (Å²) in [6.07, 6.45) is 3.42. The maximum atomic E-state index is 10.3. The minimum absolute atomic E-state index is 0. The third kappa shape index (κ3) is 2.00. The van der Waals surface area contributed by atoms with Crippen molar-refractivity contribution in [2.75, 3.05) is 0 Å². The topological polar surface area (TPSA) is 55.5 Å². The summed E-state index contributed by atoms with van der Waals surface area (Å²) in [5.74, 6) is 0. The van der Waals surface area contributed by atoms with E-state index in [1.807, 2.05) is 0 Å². The van der Waals surface area contributed by atoms with Crippen molar-refractivity contribution in [1.82, 2.24) is 0 Å². The Balaban J connectivity index is 0.000000845. The summed E-state index contributed by atoms with van der Waals surface area (Å²) in [4.78, 5) is 13.8. The molecular formula is C8H5N2O2Y-. The molecule has 1 radical (unpaired) electrons. The van der Waals surface area contributed by atoms with Crippen molar-refractivity contribution < 1.29 is 37.6 Å². The first kappa shape index (κ1) is 10.5. The number of rotatable bonds is 1. The van der Waals surface area contributed by atoms with Gasteiger partial charge < -0.3 is 4.99 Å². The third-order valence-corrected chi connectivity index (χ3v) is 1.75. The molecule has 63 valence electrons. The summed E-state index contributed by atoms with van der Waals surface area (Å²) in [6.45, 7) is 0. The van der Waals surface area contributed by atoms with Gasteiger partial charge in [0.05, 0.1) is 4.92 Å². The molecule has 4 nitrogen and oxygen atoms in total. The second kappa shape index (κ2) is 4.07. The number of nitro benzene ring substituents is 1. The van der Waals surface area contributed by atoms with Crippen LogP contribution < -0.4 is 0 Å². The molecule has 5 heteroatoms. The molecule has 0 saturated carbocycles. The van der Waals surface area contributed by atoms with Crippen molar-refractivity contribution >= 4 is 17.6 Å². The Hall–Kier alpha value is -0.606. The van der Waals surface area contributed by atoms with Crippen LogP contribution in [0.15, 0.2) is 23.2 Å². The fourth-order valence-corrected chi connectivity index (χ4v) is 1.13. The number of hydrogen-bond donors (Lipinski definition) is 0. The fourth-order valence-electron chi connectivity index (χ4n) is 1.13. The Labute approximate surface area is 100 Å². The van der Waals surface area contributed by atoms with E-state index in [2.05, 4.69) is 11.2 Å². The third-order valence-electron chi connectivity index (χ3n) is 1.75. The molecule has 1 heterocycles. The van der Waals surface area contributed by atoms with Gasteiger partial charge in [-0.15, -0.1) is 5.56 Å². The molecule has 1 aliphatic heterocycles. The van der Waals surface area contributed by atoms with E-state index in [1.165, 1.54) is 12.1 Å². The molecule has 13 heavy (non-hydrogen) atoms. The molecule has 0 amide bonds. The molecule has 1 aliphatic rings. The molecule has 0 atom stereocenters. The van der Waals surface area contributed by atoms with E-state index < -0.39 is 4.92 Å². The van der Waals surface area contributed by atoms with Crippen LogP contribution in [-0.4, -0.2) is 11.1 Å². The summed E-state index contributed by atoms with van der Waals surface area (Å²) < 4.78 is 0. The van der Waals surface area contributed by atoms with E-state index in [1.54, 1.807) is 6.07 Å². The molecular weight excluding hydrogens is 245 g/mol. The van der Waals surface area contributed by atoms with Crippen LogP contribution in [-0.2, 0) is 39.1 Å². The molecule has 0 fully saturated rings. The zero-order valence-corrected chi connectivity index (χ0v) is 9.57. The Morgan fingerprint density at radius 3 is 3.00 bits per heavy atom. The zero-order chi connectivity index (χ0) is 8.55. The first-order valence-corrected chi connectivity index (χ1v) is 3.48. The second-order valence-corrected chi connectivity index (χ2v) is 2.52. The molecule has 0 unspecified atom stereocenters. The summed E-state index contributed by atoms with van der Waals surface area (Å²) in [7, 11) is 0. The van der Waals surface area contributed by atoms with Gasteiger partial charge in [-0.05, 0) is 6.07 Å². The predicted octanol–water partition coefficient (Wildman–Crippen LogP) is 1.73. The second-order valence-electron chi connectivity index (χ2n) is 2.52. The van der Waals surface area contributed by atoms with E-state index in [0.29, 0.717) is 12.1 Å². The monoisotopic (exact) mass is 250 g/mol. The van der Waals surface area contributed by atoms with E-state index in [-0.39, 0.29) is 38.4 Å². The van der Waals surface area contributed by atoms with Crippen LogP contribution in [0.1, 0.15) is 5.56 Å². The largest absolute Gasteiger partial charge is 0.455 e. The Bertz CT molecular complexity index is 376. The van der Waals surface area contributed by atoms with E-state index in [9.17, 15) is 10.1 Å². The summed E-state index contributed by atoms with van der Waals surface area (Å²) in [6, 6.07) is 4.67. The van der Waals surface area contributed by atoms with Gasteiger partial charge in [-0.25, -0.2) is 0 Å². The normalized spacial score (nSPS) is 12.0. The molecule has 1 aromatic carbocycles. The van der Waals surface area contributed by atoms with Gasteiger partial charge in [-0.1, -0.05) is 18.2 Å². The van der Waals surface area contributed by atoms with Crippen LogP contribution in [0.5, 0.6) is 0 Å². The Kier molecular flexibility index (Phi) is 3.28. The standard InChI is InChI=1S/C8H5N2O2.Y/c11-10(12)7-2-1-6-3-4-9-8(6)5-7;/h1-2,5H,3H2;/q-1;. The number of aliphatic imine (C=N–C) groups is 1. The van der Waals surface area contributed by atoms with E-state index >= 15 is 0 Å². The van der Waals surface area contributed by atoms with Gasteiger partial charge >= 0.3 is 0 Å². The number of nitro groups is 1. The maximum Gasteiger partial charge on any atom is 0.253 e. The predicted molar refractivity (Wildman–Crippen MR) is 43.9 cm³/mol. The van der Waals surface area contributed by atoms with Crippen molar-refractivity contribution in [2.24, 2.45) is 4.99 Å². The van der Waals surface area contributed by atoms with Crippen molar-refractivity contribution in [3.63, 3.8) is 0 Å². The van der Waals surface area contributed by atoms with Crippen molar-refractivity contribution in [2.45, 2.75) is 6.42 Å². The van der Waals surface area contributed by atoms with Crippen molar-refractivity contribution in [3.05, 3.63) is 33.9 Å². The zero-order valence-electron chi connectivity index (χ0n) is 6.73. The summed E-state index contributed by atoms with van der Waals surface area (Å²) in [5.41, 5.74) is 1.76. The van der Waals surface area contributed by atoms with Crippen molar-refractivity contribution in [3.8, 4) is 0 Å². The van der Waals surface area contributed by atoms with Gasteiger partial charge in [0, 0.05) is 38.8 Å². The SMILES string of the molecule is O=[N+]([O-])c1ccc2c(c1)N=[C-]C2.[Y]. The minimum atomic E-state index is -0.422. The van der Waals surface area contributed by atoms with Crippen LogP contribution in [0.4, 0.5) is 11.4 Å². The average Bonchev–Trinajstić information content (AvgIpc) is 2.49. The van der Waals surface area contributed by atoms with Gasteiger partial charge in [0.15, 0.2) is 0 Å². The molecule has 0 aromatic heterocycles. The molecule has 0 aliphatic carbocycles. The van der Waals surface area contributed by atoms with Gasteiger partial charge in [0.2, 0.25) is 0 Å². The van der Waals surface area contributed by atoms with Gasteiger partial charge in [-0.2, -0.15) is 6.21 Å². The van der Waals surface area contributed by atoms with Crippen molar-refractivity contribution in [1.29, 1.82) is 0 Å². The van der Waals surface area contributed by atoms with Crippen LogP contribution in [0.25, 0.3) is 0 Å². The van der Waals surface area contributed by atoms with E-state index in [4.69, 9.17) is 0 Å². The molecule has 0 bridgehead atoms. The number of non-ortho nitro benzene ring substituents is 1. The molecule has 0 spiro atoms. The van der Waals surface area contributed by atoms with E-state index in [0.717, 1.165) is 5.56 Å². The average molecular weight is 250 g/mol. The Morgan fingerprint density at radius 1 is 1.54 bits per heavy atom. The van der Waals surface area contributed by atoms with Crippen LogP contribution in [0.3, 0.4) is 0 Å². The number of fused-ring (bicyclic) bond motifs is 1. The first-order chi connectivity index (χ1) is 5.77. The smallest absolute Gasteiger partial charge is 0.253 e. The van der Waals surface area contributed by atoms with Gasteiger partial charge in [0.25, 0.3) is 5.69 Å². The van der Waals surface area contributed by atoms with Gasteiger partial charge in [-0.3, -0.25) is 10.1 Å². The fraction of sp³-hybridized carbons (Fsp3) is 0.125. The molecule has 0 N–H and O–H groups in total. The van der Waals surface area contributed by atoms with Crippen LogP contribution in [0.2, 0.25) is 0 Å². The summed E-state index contributed by atoms with van der Waals surface area (Å²) >= 11 is 0. The molecule has 1 aromatic rings. The number of hydrogen-bond acceptors (Lipinski definition) is 3. The maximum absolute atomic E-state index is 10.3. The quantitative estimate of drug-likeness (QED) is 0.433. The minimum Gasteiger partial charge on any atom is -0.455 e. The summed E-state index contributed by atoms with van der Waals surface area (Å²) in [5, 5.41) is 10.3.